The molecular weight excluding hydrogens is 282 g/mol. The lowest BCUT2D eigenvalue weighted by Crippen LogP contribution is -2.27. The summed E-state index contributed by atoms with van der Waals surface area (Å²) in [6, 6.07) is 4.61. The minimum Gasteiger partial charge on any atom is -0.299 e. The summed E-state index contributed by atoms with van der Waals surface area (Å²) in [5, 5.41) is 9.23. The molecule has 0 amide bonds. The first-order valence-corrected chi connectivity index (χ1v) is 6.60. The fraction of sp³-hybridized carbons (Fsp3) is 0.333. The molecule has 0 aliphatic carbocycles. The molecule has 1 N–H and O–H groups in total. The predicted molar refractivity (Wildman–Crippen MR) is 60.2 cm³/mol. The highest BCUT2D eigenvalue weighted by atomic mass is 79.9. The Morgan fingerprint density at radius 3 is 2.53 bits per heavy atom. The molecule has 0 saturated carbocycles. The van der Waals surface area contributed by atoms with Crippen LogP contribution < -0.4 is 0 Å². The van der Waals surface area contributed by atoms with Gasteiger partial charge in [0.25, 0.3) is 10.0 Å². The number of benzene rings is 1. The van der Waals surface area contributed by atoms with Gasteiger partial charge in [0.2, 0.25) is 0 Å². The van der Waals surface area contributed by atoms with Crippen molar-refractivity contribution < 1.29 is 13.6 Å². The number of hydrogen-bond acceptors (Lipinski definition) is 3. The van der Waals surface area contributed by atoms with Crippen LogP contribution in [0.15, 0.2) is 27.6 Å². The second-order valence-corrected chi connectivity index (χ2v) is 5.75. The van der Waals surface area contributed by atoms with E-state index >= 15 is 0 Å². The van der Waals surface area contributed by atoms with Gasteiger partial charge in [-0.1, -0.05) is 20.4 Å². The van der Waals surface area contributed by atoms with Crippen molar-refractivity contribution in [1.82, 2.24) is 4.47 Å². The third-order valence-electron chi connectivity index (χ3n) is 1.98. The summed E-state index contributed by atoms with van der Waals surface area (Å²) in [4.78, 5) is 0.0903. The zero-order chi connectivity index (χ0) is 11.6. The topological polar surface area (TPSA) is 57.6 Å². The fourth-order valence-electron chi connectivity index (χ4n) is 1.07. The van der Waals surface area contributed by atoms with Crippen molar-refractivity contribution in [2.24, 2.45) is 0 Å². The van der Waals surface area contributed by atoms with Gasteiger partial charge in [0.15, 0.2) is 0 Å². The Kier molecular flexibility index (Phi) is 3.88. The second kappa shape index (κ2) is 4.61. The Labute approximate surface area is 97.7 Å². The van der Waals surface area contributed by atoms with Crippen LogP contribution in [0, 0.1) is 6.92 Å². The number of rotatable bonds is 3. The van der Waals surface area contributed by atoms with Crippen LogP contribution in [0.3, 0.4) is 0 Å². The molecule has 0 spiro atoms. The number of hydrogen-bond donors (Lipinski definition) is 1. The zero-order valence-corrected chi connectivity index (χ0v) is 10.8. The lowest BCUT2D eigenvalue weighted by atomic mass is 10.2. The van der Waals surface area contributed by atoms with E-state index in [1.54, 1.807) is 19.9 Å². The van der Waals surface area contributed by atoms with Crippen molar-refractivity contribution >= 4 is 26.0 Å². The quantitative estimate of drug-likeness (QED) is 0.869. The van der Waals surface area contributed by atoms with E-state index in [0.29, 0.717) is 4.47 Å². The summed E-state index contributed by atoms with van der Waals surface area (Å²) in [5.41, 5.74) is 0.806. The second-order valence-electron chi connectivity index (χ2n) is 3.05. The summed E-state index contributed by atoms with van der Waals surface area (Å²) in [5.74, 6) is 0. The molecule has 0 atom stereocenters. The number of halogens is 1. The summed E-state index contributed by atoms with van der Waals surface area (Å²) >= 11 is 3.28. The average molecular weight is 294 g/mol. The van der Waals surface area contributed by atoms with Crippen LogP contribution in [0.4, 0.5) is 0 Å². The number of nitrogens with zero attached hydrogens (tertiary/aromatic N) is 1. The van der Waals surface area contributed by atoms with E-state index in [1.165, 1.54) is 12.1 Å². The molecule has 0 fully saturated rings. The maximum atomic E-state index is 11.7. The van der Waals surface area contributed by atoms with E-state index in [9.17, 15) is 13.6 Å². The van der Waals surface area contributed by atoms with Gasteiger partial charge in [-0.05, 0) is 37.6 Å². The third kappa shape index (κ3) is 2.57. The van der Waals surface area contributed by atoms with Crippen LogP contribution in [0.25, 0.3) is 0 Å². The molecule has 0 heterocycles. The van der Waals surface area contributed by atoms with Gasteiger partial charge in [0.05, 0.1) is 4.90 Å². The van der Waals surface area contributed by atoms with Crippen molar-refractivity contribution in [2.75, 3.05) is 6.54 Å². The lowest BCUT2D eigenvalue weighted by Gasteiger charge is -2.13. The van der Waals surface area contributed by atoms with E-state index in [2.05, 4.69) is 15.9 Å². The Morgan fingerprint density at radius 2 is 2.07 bits per heavy atom. The summed E-state index contributed by atoms with van der Waals surface area (Å²) in [6.45, 7) is 3.37. The fourth-order valence-corrected chi connectivity index (χ4v) is 2.46. The van der Waals surface area contributed by atoms with E-state index in [4.69, 9.17) is 0 Å². The van der Waals surface area contributed by atoms with Crippen LogP contribution in [0.2, 0.25) is 0 Å². The monoisotopic (exact) mass is 293 g/mol. The average Bonchev–Trinajstić information content (AvgIpc) is 2.20. The van der Waals surface area contributed by atoms with Gasteiger partial charge in [-0.2, -0.15) is 0 Å². The molecule has 0 radical (unpaired) electrons. The Morgan fingerprint density at radius 1 is 1.47 bits per heavy atom. The number of hydroxylamine groups is 1. The van der Waals surface area contributed by atoms with Gasteiger partial charge in [-0.25, -0.2) is 8.42 Å². The molecule has 1 rings (SSSR count). The summed E-state index contributed by atoms with van der Waals surface area (Å²) in [7, 11) is -3.76. The maximum Gasteiger partial charge on any atom is 0.264 e. The van der Waals surface area contributed by atoms with Crippen LogP contribution in [0.1, 0.15) is 12.5 Å². The van der Waals surface area contributed by atoms with Gasteiger partial charge < -0.3 is 0 Å². The van der Waals surface area contributed by atoms with Gasteiger partial charge in [0, 0.05) is 11.0 Å². The van der Waals surface area contributed by atoms with E-state index in [1.807, 2.05) is 0 Å². The predicted octanol–water partition coefficient (Wildman–Crippen LogP) is 2.16. The third-order valence-corrected chi connectivity index (χ3v) is 4.53. The maximum absolute atomic E-state index is 11.7. The molecule has 1 aromatic carbocycles. The highest BCUT2D eigenvalue weighted by molar-refractivity contribution is 9.10. The SMILES string of the molecule is CCN(O)S(=O)(=O)c1ccc(Br)c(C)c1. The standard InChI is InChI=1S/C9H12BrNO3S/c1-3-11(12)15(13,14)8-4-5-9(10)7(2)6-8/h4-6,12H,3H2,1-2H3. The number of sulfonamides is 1. The van der Waals surface area contributed by atoms with Gasteiger partial charge in [0.1, 0.15) is 0 Å². The normalized spacial score (nSPS) is 12.1. The minimum absolute atomic E-state index is 0.0252. The van der Waals surface area contributed by atoms with Crippen molar-refractivity contribution in [3.05, 3.63) is 28.2 Å². The van der Waals surface area contributed by atoms with E-state index < -0.39 is 10.0 Å². The molecule has 15 heavy (non-hydrogen) atoms. The molecule has 0 bridgehead atoms. The summed E-state index contributed by atoms with van der Waals surface area (Å²) < 4.78 is 24.5. The molecule has 0 aliphatic rings. The first kappa shape index (κ1) is 12.6. The van der Waals surface area contributed by atoms with Gasteiger partial charge in [-0.3, -0.25) is 5.21 Å². The molecule has 0 aliphatic heterocycles. The van der Waals surface area contributed by atoms with Gasteiger partial charge in [-0.15, -0.1) is 0 Å². The van der Waals surface area contributed by atoms with Crippen LogP contribution in [-0.2, 0) is 10.0 Å². The Bertz CT molecular complexity index is 458. The smallest absolute Gasteiger partial charge is 0.264 e. The first-order valence-electron chi connectivity index (χ1n) is 4.37. The van der Waals surface area contributed by atoms with E-state index in [-0.39, 0.29) is 11.4 Å². The minimum atomic E-state index is -3.76. The molecule has 0 unspecified atom stereocenters. The van der Waals surface area contributed by atoms with Gasteiger partial charge >= 0.3 is 0 Å². The van der Waals surface area contributed by atoms with Crippen molar-refractivity contribution in [3.63, 3.8) is 0 Å². The lowest BCUT2D eigenvalue weighted by molar-refractivity contribution is 0.00857. The first-order chi connectivity index (χ1) is 6.89. The number of aryl methyl sites for hydroxylation is 1. The van der Waals surface area contributed by atoms with Crippen molar-refractivity contribution in [2.45, 2.75) is 18.7 Å². The van der Waals surface area contributed by atoms with Crippen molar-refractivity contribution in [1.29, 1.82) is 0 Å². The molecular formula is C9H12BrNO3S. The molecule has 4 nitrogen and oxygen atoms in total. The van der Waals surface area contributed by atoms with Crippen LogP contribution >= 0.6 is 15.9 Å². The highest BCUT2D eigenvalue weighted by Crippen LogP contribution is 2.21. The van der Waals surface area contributed by atoms with E-state index in [0.717, 1.165) is 10.0 Å². The molecule has 0 aromatic heterocycles. The summed E-state index contributed by atoms with van der Waals surface area (Å²) in [6.07, 6.45) is 0. The molecule has 6 heteroatoms. The Hall–Kier alpha value is -0.430. The van der Waals surface area contributed by atoms with Crippen LogP contribution in [0.5, 0.6) is 0 Å². The molecule has 1 aromatic rings. The molecule has 0 saturated heterocycles. The largest absolute Gasteiger partial charge is 0.299 e. The van der Waals surface area contributed by atoms with Crippen LogP contribution in [-0.4, -0.2) is 24.6 Å². The highest BCUT2D eigenvalue weighted by Gasteiger charge is 2.21. The Balaban J connectivity index is 3.23. The zero-order valence-electron chi connectivity index (χ0n) is 8.44. The molecule has 84 valence electrons. The van der Waals surface area contributed by atoms with Crippen molar-refractivity contribution in [3.8, 4) is 0 Å².